The standard InChI is InChI=1S/C9H18N2O3.C8H16N2O3.C8H15NO.C8H9NO.C5H9NO.2C5H11NO.C4H10N2O.C4H9NO.C3H8N2O.C3H7NO/c1-6(7(12)10-5)11-8(13)14-9(2,3)4;1-8(2,3)13-7(12)10-5-6(11)9-4;2*1-9-8(10)7-5-3-2-4-6-7;1-6-5(7)4-2-3-4;1-4(2)5(7)6-3;1-3-4-5(7)6-2;1-3(5)4(7)6-2;1-3-4(6)5-2;1-5-3(6)2-4;1-3(5)4-2/h6H,1-5H3,(H,10,12)(H,11,13);5H2,1-4H3,(H,9,11)(H,10,12);7H,2-6H2,1H3,(H,9,10);2-6H,1H3,(H,9,10);4H,2-3H2,1H3,(H,6,7);4H,1-3H3,(H,6,7);3-4H2,1-2H3,(H,6,7);3H,5H2,1-2H3,(H,6,7);3H2,1-2H3,(H,5,6);2,4H2,1H3,(H,5,6);1-2H3,(H,4,5). The van der Waals surface area contributed by atoms with Crippen LogP contribution in [0, 0.1) is 17.8 Å². The molecule has 1 aromatic rings. The minimum absolute atomic E-state index is 0.00463. The van der Waals surface area contributed by atoms with Crippen LogP contribution in [0.1, 0.15) is 165 Å². The van der Waals surface area contributed by atoms with E-state index < -0.39 is 29.4 Å². The first-order chi connectivity index (χ1) is 42.7. The van der Waals surface area contributed by atoms with E-state index in [1.807, 2.05) is 45.9 Å². The van der Waals surface area contributed by atoms with Crippen LogP contribution >= 0.6 is 0 Å². The molecule has 0 aromatic heterocycles. The highest BCUT2D eigenvalue weighted by atomic mass is 16.6. The Hall–Kier alpha value is -8.15. The number of alkyl carbamates (subject to hydrolysis) is 2. The van der Waals surface area contributed by atoms with Gasteiger partial charge >= 0.3 is 12.2 Å². The Morgan fingerprint density at radius 3 is 1.13 bits per heavy atom. The summed E-state index contributed by atoms with van der Waals surface area (Å²) in [4.78, 5) is 137. The summed E-state index contributed by atoms with van der Waals surface area (Å²) in [5.74, 6) is 0.758. The Labute approximate surface area is 549 Å². The molecular formula is C62H123N15O15. The monoisotopic (exact) mass is 1320 g/mol. The van der Waals surface area contributed by atoms with Gasteiger partial charge in [0.1, 0.15) is 17.2 Å². The number of likely N-dealkylation sites (N-methyl/N-ethyl adjacent to an activating group) is 4. The molecule has 92 heavy (non-hydrogen) atoms. The fourth-order valence-corrected chi connectivity index (χ4v) is 5.32. The number of nitrogens with one attached hydrogen (secondary N) is 13. The molecule has 0 heterocycles. The van der Waals surface area contributed by atoms with E-state index in [0.29, 0.717) is 30.2 Å². The van der Waals surface area contributed by atoms with Gasteiger partial charge < -0.3 is 90.1 Å². The van der Waals surface area contributed by atoms with Gasteiger partial charge in [-0.1, -0.05) is 65.2 Å². The predicted molar refractivity (Wildman–Crippen MR) is 361 cm³/mol. The third kappa shape index (κ3) is 77.9. The van der Waals surface area contributed by atoms with Crippen LogP contribution in [0.25, 0.3) is 0 Å². The van der Waals surface area contributed by atoms with Gasteiger partial charge in [0, 0.05) is 121 Å². The molecule has 0 bridgehead atoms. The summed E-state index contributed by atoms with van der Waals surface area (Å²) >= 11 is 0. The first kappa shape index (κ1) is 100. The van der Waals surface area contributed by atoms with Crippen molar-refractivity contribution in [3.05, 3.63) is 35.9 Å². The second-order valence-corrected chi connectivity index (χ2v) is 21.6. The zero-order valence-corrected chi connectivity index (χ0v) is 60.0. The third-order valence-electron chi connectivity index (χ3n) is 10.7. The summed E-state index contributed by atoms with van der Waals surface area (Å²) < 4.78 is 9.88. The number of nitrogens with two attached hydrogens (primary N) is 2. The molecule has 17 N–H and O–H groups in total. The van der Waals surface area contributed by atoms with Gasteiger partial charge in [-0.2, -0.15) is 0 Å². The minimum atomic E-state index is -0.589. The Morgan fingerprint density at radius 1 is 0.500 bits per heavy atom. The third-order valence-corrected chi connectivity index (χ3v) is 10.7. The van der Waals surface area contributed by atoms with Crippen molar-refractivity contribution in [2.24, 2.45) is 29.2 Å². The molecule has 13 amide bonds. The first-order valence-corrected chi connectivity index (χ1v) is 30.5. The number of rotatable bonds is 13. The number of benzene rings is 1. The van der Waals surface area contributed by atoms with Crippen molar-refractivity contribution >= 4 is 77.2 Å². The Morgan fingerprint density at radius 2 is 0.902 bits per heavy atom. The minimum Gasteiger partial charge on any atom is -0.444 e. The summed E-state index contributed by atoms with van der Waals surface area (Å²) in [5, 5.41) is 32.0. The molecule has 2 unspecified atom stereocenters. The van der Waals surface area contributed by atoms with Crippen molar-refractivity contribution in [3.8, 4) is 0 Å². The fraction of sp³-hybridized carbons (Fsp3) is 0.694. The maximum atomic E-state index is 11.2. The number of carbonyl (C=O) groups excluding carboxylic acids is 13. The van der Waals surface area contributed by atoms with Gasteiger partial charge in [0.05, 0.1) is 19.1 Å². The summed E-state index contributed by atoms with van der Waals surface area (Å²) in [6.45, 7) is 22.8. The summed E-state index contributed by atoms with van der Waals surface area (Å²) in [7, 11) is 17.7. The summed E-state index contributed by atoms with van der Waals surface area (Å²) in [5.41, 5.74) is 9.62. The molecule has 2 aliphatic carbocycles. The fourth-order valence-electron chi connectivity index (χ4n) is 5.32. The maximum Gasteiger partial charge on any atom is 0.408 e. The highest BCUT2D eigenvalue weighted by molar-refractivity contribution is 5.93. The van der Waals surface area contributed by atoms with Crippen molar-refractivity contribution in [2.45, 2.75) is 178 Å². The van der Waals surface area contributed by atoms with E-state index in [-0.39, 0.29) is 90.0 Å². The average molecular weight is 1320 g/mol. The number of carbonyl (C=O) groups is 13. The molecule has 0 spiro atoms. The van der Waals surface area contributed by atoms with E-state index in [9.17, 15) is 62.3 Å². The quantitative estimate of drug-likeness (QED) is 0.134. The number of ether oxygens (including phenoxy) is 2. The predicted octanol–water partition coefficient (Wildman–Crippen LogP) is 1.99. The lowest BCUT2D eigenvalue weighted by molar-refractivity contribution is -0.125. The van der Waals surface area contributed by atoms with Gasteiger partial charge in [-0.05, 0) is 99.6 Å². The molecule has 2 saturated carbocycles. The first-order valence-electron chi connectivity index (χ1n) is 30.5. The van der Waals surface area contributed by atoms with Gasteiger partial charge in [-0.3, -0.25) is 52.7 Å². The average Bonchev–Trinajstić information content (AvgIpc) is 4.28. The molecule has 30 nitrogen and oxygen atoms in total. The van der Waals surface area contributed by atoms with Crippen LogP contribution in [0.15, 0.2) is 30.3 Å². The van der Waals surface area contributed by atoms with E-state index >= 15 is 0 Å². The Bertz CT molecular complexity index is 2110. The number of hydrogen-bond donors (Lipinski definition) is 15. The van der Waals surface area contributed by atoms with Crippen molar-refractivity contribution < 1.29 is 71.8 Å². The van der Waals surface area contributed by atoms with Crippen LogP contribution < -0.4 is 80.6 Å². The lowest BCUT2D eigenvalue weighted by Gasteiger charge is -2.21. The van der Waals surface area contributed by atoms with E-state index in [1.165, 1.54) is 40.3 Å². The molecule has 0 radical (unpaired) electrons. The second-order valence-electron chi connectivity index (χ2n) is 21.6. The van der Waals surface area contributed by atoms with Gasteiger partial charge in [-0.25, -0.2) is 9.59 Å². The molecule has 2 fully saturated rings. The van der Waals surface area contributed by atoms with Crippen LogP contribution in [0.5, 0.6) is 0 Å². The van der Waals surface area contributed by atoms with Gasteiger partial charge in [0.25, 0.3) is 5.91 Å². The SMILES string of the molecule is CCC(=O)NC.CCCC(=O)NC.CNC(=O)C(C)C.CNC(=O)C(C)N.CNC(=O)C(C)NC(=O)OC(C)(C)C.CNC(=O)C1CC1.CNC(=O)C1CCCCC1.CNC(=O)CN.CNC(=O)CNC(=O)OC(C)(C)C.CNC(=O)c1ccccc1.CNC(C)=O. The zero-order chi connectivity index (χ0) is 73.6. The molecule has 536 valence electrons. The highest BCUT2D eigenvalue weighted by Crippen LogP contribution is 2.28. The molecular weight excluding hydrogens is 1190 g/mol. The smallest absolute Gasteiger partial charge is 0.408 e. The van der Waals surface area contributed by atoms with Gasteiger partial charge in [0.2, 0.25) is 59.1 Å². The molecule has 0 saturated heterocycles. The normalized spacial score (nSPS) is 11.8. The summed E-state index contributed by atoms with van der Waals surface area (Å²) in [6.07, 6.45) is 9.15. The molecule has 1 aromatic carbocycles. The van der Waals surface area contributed by atoms with Crippen LogP contribution in [0.3, 0.4) is 0 Å². The van der Waals surface area contributed by atoms with Crippen molar-refractivity contribution in [1.82, 2.24) is 69.1 Å². The molecule has 0 aliphatic heterocycles. The van der Waals surface area contributed by atoms with Gasteiger partial charge in [0.15, 0.2) is 0 Å². The van der Waals surface area contributed by atoms with E-state index in [1.54, 1.807) is 131 Å². The van der Waals surface area contributed by atoms with Crippen molar-refractivity contribution in [2.75, 3.05) is 90.6 Å². The van der Waals surface area contributed by atoms with Crippen LogP contribution in [-0.4, -0.2) is 191 Å². The van der Waals surface area contributed by atoms with Crippen LogP contribution in [0.4, 0.5) is 9.59 Å². The number of amides is 13. The topological polar surface area (TPSA) is 449 Å². The molecule has 2 aliphatic rings. The van der Waals surface area contributed by atoms with Crippen LogP contribution in [0.2, 0.25) is 0 Å². The Kier molecular flexibility index (Phi) is 70.0. The second kappa shape index (κ2) is 64.4. The molecule has 2 atom stereocenters. The van der Waals surface area contributed by atoms with Gasteiger partial charge in [-0.15, -0.1) is 0 Å². The highest BCUT2D eigenvalue weighted by Gasteiger charge is 2.28. The Balaban J connectivity index is -0.000000143. The van der Waals surface area contributed by atoms with E-state index in [0.717, 1.165) is 32.1 Å². The maximum absolute atomic E-state index is 11.2. The summed E-state index contributed by atoms with van der Waals surface area (Å²) in [6, 6.07) is 8.14. The lowest BCUT2D eigenvalue weighted by atomic mass is 9.89. The zero-order valence-electron chi connectivity index (χ0n) is 60.0. The van der Waals surface area contributed by atoms with Crippen molar-refractivity contribution in [3.63, 3.8) is 0 Å². The van der Waals surface area contributed by atoms with Crippen molar-refractivity contribution in [1.29, 1.82) is 0 Å². The van der Waals surface area contributed by atoms with E-state index in [2.05, 4.69) is 69.1 Å². The number of hydrogen-bond acceptors (Lipinski definition) is 17. The molecule has 30 heteroatoms. The van der Waals surface area contributed by atoms with E-state index in [4.69, 9.17) is 20.9 Å². The van der Waals surface area contributed by atoms with Crippen LogP contribution in [-0.2, 0) is 57.4 Å². The lowest BCUT2D eigenvalue weighted by Crippen LogP contribution is -2.45. The largest absolute Gasteiger partial charge is 0.444 e. The molecule has 3 rings (SSSR count).